The second-order valence-electron chi connectivity index (χ2n) is 5.07. The van der Waals surface area contributed by atoms with E-state index < -0.39 is 18.4 Å². The second kappa shape index (κ2) is 8.86. The van der Waals surface area contributed by atoms with Crippen molar-refractivity contribution in [1.29, 1.82) is 0 Å². The number of hydrogen-bond donors (Lipinski definition) is 0. The van der Waals surface area contributed by atoms with Crippen LogP contribution in [0.2, 0.25) is 0 Å². The van der Waals surface area contributed by atoms with Crippen LogP contribution in [0.4, 0.5) is 13.2 Å². The topological polar surface area (TPSA) is 52.6 Å². The number of Topliss-reactive ketones (excluding diaryl/α,β-unsaturated/α-hetero) is 1. The SMILES string of the molecule is O=C(CCCOC(=O)c1ccc(OC(F)F)cc1)c1ccc(F)cc1. The van der Waals surface area contributed by atoms with Crippen molar-refractivity contribution in [2.45, 2.75) is 19.5 Å². The molecule has 0 saturated heterocycles. The lowest BCUT2D eigenvalue weighted by Gasteiger charge is -2.07. The molecule has 0 spiro atoms. The first-order valence-electron chi connectivity index (χ1n) is 7.46. The van der Waals surface area contributed by atoms with Gasteiger partial charge in [-0.05, 0) is 55.0 Å². The molecule has 7 heteroatoms. The molecule has 0 aliphatic rings. The summed E-state index contributed by atoms with van der Waals surface area (Å²) in [5.41, 5.74) is 0.578. The summed E-state index contributed by atoms with van der Waals surface area (Å²) in [6, 6.07) is 10.3. The average molecular weight is 352 g/mol. The monoisotopic (exact) mass is 352 g/mol. The van der Waals surface area contributed by atoms with Gasteiger partial charge in [-0.25, -0.2) is 9.18 Å². The third-order valence-corrected chi connectivity index (χ3v) is 3.26. The van der Waals surface area contributed by atoms with E-state index in [9.17, 15) is 22.8 Å². The standard InChI is InChI=1S/C18H15F3O4/c19-14-7-3-12(4-8-14)16(22)2-1-11-24-17(23)13-5-9-15(10-6-13)25-18(20)21/h3-10,18H,1-2,11H2. The lowest BCUT2D eigenvalue weighted by atomic mass is 10.1. The highest BCUT2D eigenvalue weighted by Crippen LogP contribution is 2.15. The van der Waals surface area contributed by atoms with E-state index >= 15 is 0 Å². The van der Waals surface area contributed by atoms with Gasteiger partial charge in [0.25, 0.3) is 0 Å². The molecule has 2 aromatic carbocycles. The fourth-order valence-corrected chi connectivity index (χ4v) is 2.03. The van der Waals surface area contributed by atoms with Crippen molar-refractivity contribution in [3.05, 3.63) is 65.5 Å². The van der Waals surface area contributed by atoms with Crippen LogP contribution in [0.25, 0.3) is 0 Å². The minimum absolute atomic E-state index is 0.0288. The Hall–Kier alpha value is -2.83. The highest BCUT2D eigenvalue weighted by atomic mass is 19.3. The van der Waals surface area contributed by atoms with Crippen LogP contribution in [0.1, 0.15) is 33.6 Å². The van der Waals surface area contributed by atoms with Crippen molar-refractivity contribution in [2.24, 2.45) is 0 Å². The zero-order valence-corrected chi connectivity index (χ0v) is 13.1. The van der Waals surface area contributed by atoms with Crippen LogP contribution in [0.3, 0.4) is 0 Å². The molecule has 25 heavy (non-hydrogen) atoms. The zero-order chi connectivity index (χ0) is 18.2. The number of alkyl halides is 2. The lowest BCUT2D eigenvalue weighted by molar-refractivity contribution is -0.0498. The summed E-state index contributed by atoms with van der Waals surface area (Å²) < 4.78 is 46.0. The molecule has 132 valence electrons. The minimum atomic E-state index is -2.93. The van der Waals surface area contributed by atoms with E-state index in [1.54, 1.807) is 0 Å². The second-order valence-corrected chi connectivity index (χ2v) is 5.07. The molecule has 2 rings (SSSR count). The van der Waals surface area contributed by atoms with Gasteiger partial charge < -0.3 is 9.47 Å². The van der Waals surface area contributed by atoms with Crippen LogP contribution < -0.4 is 4.74 Å². The van der Waals surface area contributed by atoms with E-state index in [2.05, 4.69) is 4.74 Å². The summed E-state index contributed by atoms with van der Waals surface area (Å²) in [5.74, 6) is -1.28. The van der Waals surface area contributed by atoms with Crippen LogP contribution in [-0.4, -0.2) is 25.0 Å². The van der Waals surface area contributed by atoms with E-state index in [0.29, 0.717) is 12.0 Å². The van der Waals surface area contributed by atoms with Gasteiger partial charge in [0.15, 0.2) is 5.78 Å². The van der Waals surface area contributed by atoms with Crippen LogP contribution in [-0.2, 0) is 4.74 Å². The third kappa shape index (κ3) is 5.95. The minimum Gasteiger partial charge on any atom is -0.462 e. The van der Waals surface area contributed by atoms with E-state index in [0.717, 1.165) is 0 Å². The van der Waals surface area contributed by atoms with Gasteiger partial charge >= 0.3 is 12.6 Å². The van der Waals surface area contributed by atoms with Gasteiger partial charge in [0.05, 0.1) is 12.2 Å². The molecule has 0 aliphatic heterocycles. The Balaban J connectivity index is 1.74. The number of carbonyl (C=O) groups excluding carboxylic acids is 2. The zero-order valence-electron chi connectivity index (χ0n) is 13.1. The molecule has 4 nitrogen and oxygen atoms in total. The van der Waals surface area contributed by atoms with Crippen LogP contribution in [0, 0.1) is 5.82 Å². The van der Waals surface area contributed by atoms with Gasteiger partial charge in [-0.15, -0.1) is 0 Å². The quantitative estimate of drug-likeness (QED) is 0.405. The third-order valence-electron chi connectivity index (χ3n) is 3.26. The van der Waals surface area contributed by atoms with Crippen molar-refractivity contribution < 1.29 is 32.2 Å². The number of halogens is 3. The average Bonchev–Trinajstić information content (AvgIpc) is 2.59. The molecule has 0 unspecified atom stereocenters. The summed E-state index contributed by atoms with van der Waals surface area (Å²) in [6.45, 7) is -2.91. The summed E-state index contributed by atoms with van der Waals surface area (Å²) in [6.07, 6.45) is 0.467. The van der Waals surface area contributed by atoms with Crippen LogP contribution >= 0.6 is 0 Å². The number of hydrogen-bond acceptors (Lipinski definition) is 4. The molecule has 0 N–H and O–H groups in total. The van der Waals surface area contributed by atoms with Crippen LogP contribution in [0.5, 0.6) is 5.75 Å². The normalized spacial score (nSPS) is 10.6. The molecule has 0 heterocycles. The van der Waals surface area contributed by atoms with Crippen molar-refractivity contribution >= 4 is 11.8 Å². The molecule has 2 aromatic rings. The van der Waals surface area contributed by atoms with Crippen molar-refractivity contribution in [3.63, 3.8) is 0 Å². The largest absolute Gasteiger partial charge is 0.462 e. The highest BCUT2D eigenvalue weighted by molar-refractivity contribution is 5.96. The summed E-state index contributed by atoms with van der Waals surface area (Å²) in [7, 11) is 0. The van der Waals surface area contributed by atoms with Gasteiger partial charge in [-0.3, -0.25) is 4.79 Å². The molecule has 0 aromatic heterocycles. The Kier molecular flexibility index (Phi) is 6.56. The first-order chi connectivity index (χ1) is 12.0. The summed E-state index contributed by atoms with van der Waals surface area (Å²) in [4.78, 5) is 23.7. The van der Waals surface area contributed by atoms with E-state index in [-0.39, 0.29) is 30.1 Å². The highest BCUT2D eigenvalue weighted by Gasteiger charge is 2.10. The number of ether oxygens (including phenoxy) is 2. The van der Waals surface area contributed by atoms with Crippen molar-refractivity contribution in [3.8, 4) is 5.75 Å². The Bertz CT molecular complexity index is 712. The number of rotatable bonds is 8. The van der Waals surface area contributed by atoms with Gasteiger partial charge in [-0.2, -0.15) is 8.78 Å². The smallest absolute Gasteiger partial charge is 0.387 e. The van der Waals surface area contributed by atoms with Crippen LogP contribution in [0.15, 0.2) is 48.5 Å². The van der Waals surface area contributed by atoms with E-state index in [1.165, 1.54) is 48.5 Å². The first kappa shape index (κ1) is 18.5. The Morgan fingerprint density at radius 1 is 0.920 bits per heavy atom. The van der Waals surface area contributed by atoms with E-state index in [1.807, 2.05) is 0 Å². The van der Waals surface area contributed by atoms with Gasteiger partial charge in [0, 0.05) is 12.0 Å². The fraction of sp³-hybridized carbons (Fsp3) is 0.222. The van der Waals surface area contributed by atoms with Crippen molar-refractivity contribution in [1.82, 2.24) is 0 Å². The van der Waals surface area contributed by atoms with E-state index in [4.69, 9.17) is 4.74 Å². The first-order valence-corrected chi connectivity index (χ1v) is 7.46. The molecule has 0 aliphatic carbocycles. The van der Waals surface area contributed by atoms with Crippen molar-refractivity contribution in [2.75, 3.05) is 6.61 Å². The fourth-order valence-electron chi connectivity index (χ4n) is 2.03. The Labute approximate surface area is 142 Å². The van der Waals surface area contributed by atoms with Gasteiger partial charge in [-0.1, -0.05) is 0 Å². The molecule has 0 bridgehead atoms. The molecule has 0 fully saturated rings. The molecule has 0 radical (unpaired) electrons. The molecular weight excluding hydrogens is 337 g/mol. The molecule has 0 amide bonds. The maximum absolute atomic E-state index is 12.8. The predicted octanol–water partition coefficient (Wildman–Crippen LogP) is 4.25. The Morgan fingerprint density at radius 3 is 2.12 bits per heavy atom. The number of carbonyl (C=O) groups is 2. The predicted molar refractivity (Wildman–Crippen MR) is 83.3 cm³/mol. The molecule has 0 atom stereocenters. The maximum atomic E-state index is 12.8. The summed E-state index contributed by atoms with van der Waals surface area (Å²) in [5, 5.41) is 0. The Morgan fingerprint density at radius 2 is 1.52 bits per heavy atom. The summed E-state index contributed by atoms with van der Waals surface area (Å²) >= 11 is 0. The molecular formula is C18H15F3O4. The lowest BCUT2D eigenvalue weighted by Crippen LogP contribution is -2.08. The number of esters is 1. The molecule has 0 saturated carbocycles. The van der Waals surface area contributed by atoms with Gasteiger partial charge in [0.1, 0.15) is 11.6 Å². The maximum Gasteiger partial charge on any atom is 0.387 e. The van der Waals surface area contributed by atoms with Gasteiger partial charge in [0.2, 0.25) is 0 Å². The number of ketones is 1. The number of benzene rings is 2.